The molecule has 1 aliphatic carbocycles. The Morgan fingerprint density at radius 1 is 0.696 bits per heavy atom. The average Bonchev–Trinajstić information content (AvgIpc) is 2.88. The largest absolute Gasteiger partial charge is 0.0628 e. The Bertz CT molecular complexity index is 617. The monoisotopic (exact) mass is 306 g/mol. The van der Waals surface area contributed by atoms with Gasteiger partial charge in [0.15, 0.2) is 0 Å². The normalized spacial score (nSPS) is 12.8. The lowest BCUT2D eigenvalue weighted by molar-refractivity contribution is 0.586. The first kappa shape index (κ1) is 16.3. The van der Waals surface area contributed by atoms with E-state index in [9.17, 15) is 0 Å². The van der Waals surface area contributed by atoms with Gasteiger partial charge in [-0.15, -0.1) is 0 Å². The minimum Gasteiger partial charge on any atom is -0.0628 e. The predicted octanol–water partition coefficient (Wildman–Crippen LogP) is 6.44. The van der Waals surface area contributed by atoms with Crippen LogP contribution in [0.5, 0.6) is 0 Å². The van der Waals surface area contributed by atoms with Crippen molar-refractivity contribution < 1.29 is 0 Å². The quantitative estimate of drug-likeness (QED) is 0.492. The molecule has 0 atom stereocenters. The van der Waals surface area contributed by atoms with Gasteiger partial charge >= 0.3 is 0 Å². The molecule has 0 N–H and O–H groups in total. The van der Waals surface area contributed by atoms with E-state index in [0.717, 1.165) is 18.3 Å². The summed E-state index contributed by atoms with van der Waals surface area (Å²) in [5, 5.41) is 0. The van der Waals surface area contributed by atoms with E-state index in [0.29, 0.717) is 0 Å². The third-order valence-corrected chi connectivity index (χ3v) is 5.04. The molecule has 23 heavy (non-hydrogen) atoms. The van der Waals surface area contributed by atoms with E-state index in [4.69, 9.17) is 0 Å². The summed E-state index contributed by atoms with van der Waals surface area (Å²) in [5.41, 5.74) is 9.00. The highest BCUT2D eigenvalue weighted by molar-refractivity contribution is 5.77. The van der Waals surface area contributed by atoms with Gasteiger partial charge in [0.25, 0.3) is 0 Å². The van der Waals surface area contributed by atoms with E-state index >= 15 is 0 Å². The maximum absolute atomic E-state index is 2.45. The fraction of sp³-hybridized carbons (Fsp3) is 0.478. The van der Waals surface area contributed by atoms with Gasteiger partial charge in [0.2, 0.25) is 0 Å². The second-order valence-corrected chi connectivity index (χ2v) is 8.02. The Morgan fingerprint density at radius 2 is 1.13 bits per heavy atom. The molecule has 0 bridgehead atoms. The minimum absolute atomic E-state index is 0.776. The number of aryl methyl sites for hydroxylation is 2. The topological polar surface area (TPSA) is 0 Å². The van der Waals surface area contributed by atoms with E-state index in [1.807, 2.05) is 0 Å². The van der Waals surface area contributed by atoms with Crippen LogP contribution in [0.15, 0.2) is 36.4 Å². The van der Waals surface area contributed by atoms with Crippen molar-refractivity contribution in [1.29, 1.82) is 0 Å². The number of hydrogen-bond donors (Lipinski definition) is 0. The lowest BCUT2D eigenvalue weighted by atomic mass is 9.96. The van der Waals surface area contributed by atoms with Crippen LogP contribution in [0, 0.1) is 11.8 Å². The smallest absolute Gasteiger partial charge is 0.00134 e. The number of fused-ring (bicyclic) bond motifs is 3. The second kappa shape index (κ2) is 6.91. The lowest BCUT2D eigenvalue weighted by Gasteiger charge is -2.09. The Hall–Kier alpha value is -1.56. The van der Waals surface area contributed by atoms with Gasteiger partial charge in [-0.3, -0.25) is 0 Å². The lowest BCUT2D eigenvalue weighted by Crippen LogP contribution is -1.94. The highest BCUT2D eigenvalue weighted by Crippen LogP contribution is 2.38. The van der Waals surface area contributed by atoms with Crippen LogP contribution in [-0.4, -0.2) is 0 Å². The van der Waals surface area contributed by atoms with Gasteiger partial charge in [-0.05, 0) is 77.3 Å². The van der Waals surface area contributed by atoms with Crippen molar-refractivity contribution in [3.05, 3.63) is 58.7 Å². The Kier molecular flexibility index (Phi) is 4.90. The molecule has 122 valence electrons. The summed E-state index contributed by atoms with van der Waals surface area (Å²) in [6.07, 6.45) is 6.07. The van der Waals surface area contributed by atoms with Crippen molar-refractivity contribution in [2.24, 2.45) is 11.8 Å². The summed E-state index contributed by atoms with van der Waals surface area (Å²) in [7, 11) is 0. The van der Waals surface area contributed by atoms with Crippen LogP contribution in [-0.2, 0) is 19.3 Å². The van der Waals surface area contributed by atoms with Gasteiger partial charge in [0.1, 0.15) is 0 Å². The first-order valence-electron chi connectivity index (χ1n) is 9.27. The van der Waals surface area contributed by atoms with Crippen molar-refractivity contribution in [2.75, 3.05) is 0 Å². The van der Waals surface area contributed by atoms with Crippen molar-refractivity contribution in [2.45, 2.75) is 59.8 Å². The van der Waals surface area contributed by atoms with E-state index in [1.54, 1.807) is 0 Å². The van der Waals surface area contributed by atoms with Gasteiger partial charge in [-0.2, -0.15) is 0 Å². The summed E-state index contributed by atoms with van der Waals surface area (Å²) in [4.78, 5) is 0. The molecule has 0 heteroatoms. The van der Waals surface area contributed by atoms with Crippen LogP contribution in [0.4, 0.5) is 0 Å². The number of rotatable bonds is 6. The van der Waals surface area contributed by atoms with Crippen LogP contribution < -0.4 is 0 Å². The van der Waals surface area contributed by atoms with Crippen molar-refractivity contribution in [1.82, 2.24) is 0 Å². The Morgan fingerprint density at radius 3 is 1.52 bits per heavy atom. The van der Waals surface area contributed by atoms with E-state index in [2.05, 4.69) is 64.1 Å². The zero-order valence-electron chi connectivity index (χ0n) is 15.2. The van der Waals surface area contributed by atoms with Crippen LogP contribution in [0.1, 0.15) is 62.8 Å². The molecule has 0 radical (unpaired) electrons. The Balaban J connectivity index is 1.85. The predicted molar refractivity (Wildman–Crippen MR) is 101 cm³/mol. The van der Waals surface area contributed by atoms with Gasteiger partial charge in [0, 0.05) is 0 Å². The molecule has 0 aromatic heterocycles. The van der Waals surface area contributed by atoms with Gasteiger partial charge < -0.3 is 0 Å². The van der Waals surface area contributed by atoms with E-state index < -0.39 is 0 Å². The summed E-state index contributed by atoms with van der Waals surface area (Å²) in [6, 6.07) is 14.3. The molecule has 0 saturated heterocycles. The van der Waals surface area contributed by atoms with E-state index in [-0.39, 0.29) is 0 Å². The third-order valence-electron chi connectivity index (χ3n) is 5.04. The van der Waals surface area contributed by atoms with Gasteiger partial charge in [0.05, 0.1) is 0 Å². The number of hydrogen-bond acceptors (Lipinski definition) is 0. The third kappa shape index (κ3) is 3.86. The molecule has 2 aromatic rings. The molecule has 0 aliphatic heterocycles. The molecular formula is C23H30. The zero-order valence-corrected chi connectivity index (χ0v) is 15.2. The van der Waals surface area contributed by atoms with Crippen LogP contribution in [0.3, 0.4) is 0 Å². The molecule has 2 aromatic carbocycles. The van der Waals surface area contributed by atoms with Crippen LogP contribution in [0.25, 0.3) is 11.1 Å². The fourth-order valence-corrected chi connectivity index (χ4v) is 3.48. The molecule has 0 saturated carbocycles. The maximum Gasteiger partial charge on any atom is -0.00134 e. The molecule has 0 heterocycles. The SMILES string of the molecule is CC(C)CCc1ccc2c(c1)-c1cc(CCC(C)C)ccc1C2. The van der Waals surface area contributed by atoms with Gasteiger partial charge in [-0.25, -0.2) is 0 Å². The molecule has 0 nitrogen and oxygen atoms in total. The zero-order chi connectivity index (χ0) is 16.4. The minimum atomic E-state index is 0.776. The summed E-state index contributed by atoms with van der Waals surface area (Å²) < 4.78 is 0. The van der Waals surface area contributed by atoms with Gasteiger partial charge in [-0.1, -0.05) is 64.1 Å². The standard InChI is InChI=1S/C23H30/c1-16(2)5-7-18-9-11-20-15-21-12-10-19(8-6-17(3)4)14-23(21)22(20)13-18/h9-14,16-17H,5-8,15H2,1-4H3. The molecule has 0 unspecified atom stereocenters. The highest BCUT2D eigenvalue weighted by atomic mass is 14.2. The van der Waals surface area contributed by atoms with Crippen molar-refractivity contribution >= 4 is 0 Å². The fourth-order valence-electron chi connectivity index (χ4n) is 3.48. The molecule has 1 aliphatic rings. The average molecular weight is 306 g/mol. The van der Waals surface area contributed by atoms with Crippen molar-refractivity contribution in [3.8, 4) is 11.1 Å². The molecule has 0 amide bonds. The highest BCUT2D eigenvalue weighted by Gasteiger charge is 2.19. The van der Waals surface area contributed by atoms with Crippen LogP contribution >= 0.6 is 0 Å². The van der Waals surface area contributed by atoms with Crippen LogP contribution in [0.2, 0.25) is 0 Å². The maximum atomic E-state index is 2.45. The first-order chi connectivity index (χ1) is 11.0. The summed E-state index contributed by atoms with van der Waals surface area (Å²) in [6.45, 7) is 9.24. The summed E-state index contributed by atoms with van der Waals surface area (Å²) >= 11 is 0. The van der Waals surface area contributed by atoms with E-state index in [1.165, 1.54) is 59.1 Å². The summed E-state index contributed by atoms with van der Waals surface area (Å²) in [5.74, 6) is 1.55. The molecule has 3 rings (SSSR count). The second-order valence-electron chi connectivity index (χ2n) is 8.02. The number of benzene rings is 2. The Labute approximate surface area is 141 Å². The molecular weight excluding hydrogens is 276 g/mol. The molecule has 0 fully saturated rings. The molecule has 0 spiro atoms. The first-order valence-corrected chi connectivity index (χ1v) is 9.27. The van der Waals surface area contributed by atoms with Crippen molar-refractivity contribution in [3.63, 3.8) is 0 Å².